The van der Waals surface area contributed by atoms with Crippen molar-refractivity contribution in [1.82, 2.24) is 10.1 Å². The number of para-hydroxylation sites is 1. The van der Waals surface area contributed by atoms with Crippen LogP contribution in [0.2, 0.25) is 5.02 Å². The number of nitrogens with two attached hydrogens (primary N) is 1. The van der Waals surface area contributed by atoms with Gasteiger partial charge in [-0.3, -0.25) is 0 Å². The third-order valence-electron chi connectivity index (χ3n) is 2.26. The highest BCUT2D eigenvalue weighted by atomic mass is 35.5. The lowest BCUT2D eigenvalue weighted by Crippen LogP contribution is -2.07. The molecule has 0 saturated heterocycles. The number of aromatic nitrogens is 2. The lowest BCUT2D eigenvalue weighted by atomic mass is 10.2. The lowest BCUT2D eigenvalue weighted by molar-refractivity contribution is 0.377. The molecule has 0 aliphatic heterocycles. The van der Waals surface area contributed by atoms with Crippen LogP contribution in [0.3, 0.4) is 0 Å². The Balaban J connectivity index is 1.94. The summed E-state index contributed by atoms with van der Waals surface area (Å²) in [7, 11) is 0. The molecule has 6 heteroatoms. The number of nitrogens with zero attached hydrogens (tertiary/aromatic N) is 2. The molecule has 5 nitrogen and oxygen atoms in total. The van der Waals surface area contributed by atoms with Crippen LogP contribution in [-0.4, -0.2) is 16.7 Å². The Labute approximate surface area is 104 Å². The Kier molecular flexibility index (Phi) is 3.49. The van der Waals surface area contributed by atoms with Crippen LogP contribution in [-0.2, 0) is 6.42 Å². The van der Waals surface area contributed by atoms with Crippen LogP contribution in [0.4, 0.5) is 11.4 Å². The Morgan fingerprint density at radius 1 is 1.47 bits per heavy atom. The third kappa shape index (κ3) is 2.88. The molecule has 1 aromatic carbocycles. The fourth-order valence-electron chi connectivity index (χ4n) is 1.46. The maximum atomic E-state index is 6.02. The molecule has 0 spiro atoms. The van der Waals surface area contributed by atoms with Crippen molar-refractivity contribution in [2.24, 2.45) is 0 Å². The van der Waals surface area contributed by atoms with Gasteiger partial charge in [0, 0.05) is 13.0 Å². The summed E-state index contributed by atoms with van der Waals surface area (Å²) < 4.78 is 5.00. The largest absolute Gasteiger partial charge is 0.397 e. The third-order valence-corrected chi connectivity index (χ3v) is 2.57. The number of hydrogen-bond donors (Lipinski definition) is 2. The zero-order valence-corrected chi connectivity index (χ0v) is 10.2. The molecule has 2 aromatic rings. The molecular weight excluding hydrogens is 240 g/mol. The molecule has 17 heavy (non-hydrogen) atoms. The lowest BCUT2D eigenvalue weighted by Gasteiger charge is -2.09. The van der Waals surface area contributed by atoms with Crippen LogP contribution in [0.5, 0.6) is 0 Å². The van der Waals surface area contributed by atoms with Gasteiger partial charge in [0.25, 0.3) is 0 Å². The average Bonchev–Trinajstić information content (AvgIpc) is 2.69. The first-order valence-electron chi connectivity index (χ1n) is 5.24. The molecule has 0 unspecified atom stereocenters. The summed E-state index contributed by atoms with van der Waals surface area (Å²) in [5.74, 6) is 1.23. The predicted molar refractivity (Wildman–Crippen MR) is 67.1 cm³/mol. The first kappa shape index (κ1) is 11.7. The van der Waals surface area contributed by atoms with E-state index in [-0.39, 0.29) is 0 Å². The highest BCUT2D eigenvalue weighted by Crippen LogP contribution is 2.27. The number of nitrogen functional groups attached to an aromatic ring is 1. The summed E-state index contributed by atoms with van der Waals surface area (Å²) in [6.07, 6.45) is 0.630. The van der Waals surface area contributed by atoms with Gasteiger partial charge in [-0.05, 0) is 19.1 Å². The fraction of sp³-hybridized carbons (Fsp3) is 0.273. The number of anilines is 2. The van der Waals surface area contributed by atoms with Crippen molar-refractivity contribution in [1.29, 1.82) is 0 Å². The molecular formula is C11H13ClN4O. The van der Waals surface area contributed by atoms with Gasteiger partial charge in [-0.1, -0.05) is 22.8 Å². The molecule has 0 atom stereocenters. The van der Waals surface area contributed by atoms with Gasteiger partial charge in [0.15, 0.2) is 5.82 Å². The topological polar surface area (TPSA) is 77.0 Å². The maximum absolute atomic E-state index is 6.02. The summed E-state index contributed by atoms with van der Waals surface area (Å²) >= 11 is 6.02. The molecule has 0 bridgehead atoms. The number of benzene rings is 1. The monoisotopic (exact) mass is 252 g/mol. The van der Waals surface area contributed by atoms with E-state index in [0.29, 0.717) is 35.4 Å². The first-order chi connectivity index (χ1) is 8.16. The average molecular weight is 253 g/mol. The van der Waals surface area contributed by atoms with Crippen LogP contribution in [0.1, 0.15) is 11.7 Å². The standard InChI is InChI=1S/C11H13ClN4O/c1-7-15-10(17-16-7)5-6-14-11-8(12)3-2-4-9(11)13/h2-4,14H,5-6,13H2,1H3. The minimum absolute atomic E-state index is 0.598. The Hall–Kier alpha value is -1.75. The normalized spacial score (nSPS) is 10.5. The minimum Gasteiger partial charge on any atom is -0.397 e. The van der Waals surface area contributed by atoms with Gasteiger partial charge in [0.1, 0.15) is 0 Å². The number of aryl methyl sites for hydroxylation is 1. The molecule has 1 heterocycles. The van der Waals surface area contributed by atoms with E-state index in [4.69, 9.17) is 21.9 Å². The second-order valence-corrected chi connectivity index (χ2v) is 4.02. The second kappa shape index (κ2) is 5.05. The Morgan fingerprint density at radius 3 is 2.94 bits per heavy atom. The molecule has 2 rings (SSSR count). The van der Waals surface area contributed by atoms with Crippen molar-refractivity contribution in [2.75, 3.05) is 17.6 Å². The Bertz CT molecular complexity index is 492. The van der Waals surface area contributed by atoms with Crippen LogP contribution in [0.25, 0.3) is 0 Å². The van der Waals surface area contributed by atoms with Crippen molar-refractivity contribution < 1.29 is 4.52 Å². The van der Waals surface area contributed by atoms with Gasteiger partial charge in [-0.25, -0.2) is 0 Å². The van der Waals surface area contributed by atoms with Gasteiger partial charge in [0.2, 0.25) is 5.89 Å². The van der Waals surface area contributed by atoms with E-state index in [1.165, 1.54) is 0 Å². The van der Waals surface area contributed by atoms with Gasteiger partial charge in [0.05, 0.1) is 16.4 Å². The van der Waals surface area contributed by atoms with E-state index in [0.717, 1.165) is 5.69 Å². The zero-order chi connectivity index (χ0) is 12.3. The predicted octanol–water partition coefficient (Wildman–Crippen LogP) is 2.27. The first-order valence-corrected chi connectivity index (χ1v) is 5.61. The van der Waals surface area contributed by atoms with E-state index in [9.17, 15) is 0 Å². The van der Waals surface area contributed by atoms with Crippen LogP contribution in [0, 0.1) is 6.92 Å². The quantitative estimate of drug-likeness (QED) is 0.817. The summed E-state index contributed by atoms with van der Waals surface area (Å²) in [4.78, 5) is 4.10. The van der Waals surface area contributed by atoms with Crippen LogP contribution in [0.15, 0.2) is 22.7 Å². The zero-order valence-electron chi connectivity index (χ0n) is 9.40. The fourth-order valence-corrected chi connectivity index (χ4v) is 1.71. The molecule has 0 aliphatic rings. The molecule has 90 valence electrons. The van der Waals surface area contributed by atoms with Crippen molar-refractivity contribution in [3.8, 4) is 0 Å². The van der Waals surface area contributed by atoms with Crippen molar-refractivity contribution >= 4 is 23.0 Å². The SMILES string of the molecule is Cc1noc(CCNc2c(N)cccc2Cl)n1. The van der Waals surface area contributed by atoms with E-state index in [2.05, 4.69) is 15.5 Å². The van der Waals surface area contributed by atoms with E-state index >= 15 is 0 Å². The summed E-state index contributed by atoms with van der Waals surface area (Å²) in [5, 5.41) is 7.47. The minimum atomic E-state index is 0.598. The van der Waals surface area contributed by atoms with Gasteiger partial charge >= 0.3 is 0 Å². The molecule has 0 radical (unpaired) electrons. The van der Waals surface area contributed by atoms with Crippen molar-refractivity contribution in [3.63, 3.8) is 0 Å². The van der Waals surface area contributed by atoms with Crippen LogP contribution < -0.4 is 11.1 Å². The van der Waals surface area contributed by atoms with Gasteiger partial charge in [-0.15, -0.1) is 0 Å². The highest BCUT2D eigenvalue weighted by Gasteiger charge is 2.05. The smallest absolute Gasteiger partial charge is 0.228 e. The maximum Gasteiger partial charge on any atom is 0.228 e. The van der Waals surface area contributed by atoms with Crippen LogP contribution >= 0.6 is 11.6 Å². The highest BCUT2D eigenvalue weighted by molar-refractivity contribution is 6.33. The summed E-state index contributed by atoms with van der Waals surface area (Å²) in [6, 6.07) is 5.40. The molecule has 0 amide bonds. The van der Waals surface area contributed by atoms with E-state index in [1.54, 1.807) is 19.1 Å². The molecule has 0 aliphatic carbocycles. The molecule has 3 N–H and O–H groups in total. The molecule has 0 fully saturated rings. The van der Waals surface area contributed by atoms with Gasteiger partial charge < -0.3 is 15.6 Å². The van der Waals surface area contributed by atoms with E-state index < -0.39 is 0 Å². The Morgan fingerprint density at radius 2 is 2.29 bits per heavy atom. The number of hydrogen-bond acceptors (Lipinski definition) is 5. The molecule has 1 aromatic heterocycles. The summed E-state index contributed by atoms with van der Waals surface area (Å²) in [6.45, 7) is 2.42. The van der Waals surface area contributed by atoms with Crippen molar-refractivity contribution in [2.45, 2.75) is 13.3 Å². The number of halogens is 1. The van der Waals surface area contributed by atoms with Crippen molar-refractivity contribution in [3.05, 3.63) is 34.9 Å². The second-order valence-electron chi connectivity index (χ2n) is 3.62. The van der Waals surface area contributed by atoms with E-state index in [1.807, 2.05) is 6.07 Å². The van der Waals surface area contributed by atoms with Gasteiger partial charge in [-0.2, -0.15) is 4.98 Å². The number of nitrogens with one attached hydrogen (secondary N) is 1. The summed E-state index contributed by atoms with van der Waals surface area (Å²) in [5.41, 5.74) is 7.17. The number of rotatable bonds is 4. The molecule has 0 saturated carbocycles.